The number of carbonyl (C=O) groups excluding carboxylic acids is 2. The van der Waals surface area contributed by atoms with Crippen LogP contribution in [-0.4, -0.2) is 36.2 Å². The molecule has 35 heavy (non-hydrogen) atoms. The number of benzene rings is 3. The van der Waals surface area contributed by atoms with Crippen LogP contribution in [0, 0.1) is 17.0 Å². The number of nitro groups is 1. The van der Waals surface area contributed by atoms with Crippen LogP contribution in [0.15, 0.2) is 71.8 Å². The Labute approximate surface area is 201 Å². The van der Waals surface area contributed by atoms with Crippen LogP contribution in [0.25, 0.3) is 0 Å². The van der Waals surface area contributed by atoms with Crippen molar-refractivity contribution < 1.29 is 28.7 Å². The Hall–Kier alpha value is -4.73. The lowest BCUT2D eigenvalue weighted by Gasteiger charge is -2.11. The number of nitro benzene ring substituents is 1. The summed E-state index contributed by atoms with van der Waals surface area (Å²) in [4.78, 5) is 34.8. The number of amides is 1. The van der Waals surface area contributed by atoms with Crippen LogP contribution in [-0.2, 0) is 4.79 Å². The number of esters is 1. The topological polar surface area (TPSA) is 129 Å². The number of hydrazone groups is 1. The van der Waals surface area contributed by atoms with Gasteiger partial charge in [-0.25, -0.2) is 10.2 Å². The minimum absolute atomic E-state index is 0.0197. The van der Waals surface area contributed by atoms with Gasteiger partial charge in [-0.1, -0.05) is 29.8 Å². The first-order valence-electron chi connectivity index (χ1n) is 10.6. The number of para-hydroxylation sites is 2. The van der Waals surface area contributed by atoms with Gasteiger partial charge in [-0.05, 0) is 55.8 Å². The third-order valence-electron chi connectivity index (χ3n) is 4.58. The molecule has 3 aromatic rings. The molecule has 0 aliphatic carbocycles. The first kappa shape index (κ1) is 24.9. The van der Waals surface area contributed by atoms with Crippen molar-refractivity contribution >= 4 is 23.8 Å². The molecule has 0 saturated carbocycles. The lowest BCUT2D eigenvalue weighted by Crippen LogP contribution is -2.24. The highest BCUT2D eigenvalue weighted by Crippen LogP contribution is 2.29. The smallest absolute Gasteiger partial charge is 0.343 e. The Bertz CT molecular complexity index is 1240. The summed E-state index contributed by atoms with van der Waals surface area (Å²) in [6, 6.07) is 17.6. The number of aryl methyl sites for hydroxylation is 1. The van der Waals surface area contributed by atoms with Crippen molar-refractivity contribution in [2.75, 3.05) is 13.2 Å². The van der Waals surface area contributed by atoms with Gasteiger partial charge in [-0.3, -0.25) is 14.9 Å². The average Bonchev–Trinajstić information content (AvgIpc) is 2.85. The van der Waals surface area contributed by atoms with E-state index in [4.69, 9.17) is 14.2 Å². The second-order valence-corrected chi connectivity index (χ2v) is 7.20. The molecular formula is C25H23N3O7. The minimum atomic E-state index is -0.604. The quantitative estimate of drug-likeness (QED) is 0.153. The zero-order valence-corrected chi connectivity index (χ0v) is 19.1. The lowest BCUT2D eigenvalue weighted by atomic mass is 10.1. The minimum Gasteiger partial charge on any atom is -0.490 e. The highest BCUT2D eigenvalue weighted by atomic mass is 16.6. The Balaban J connectivity index is 1.60. The number of hydrogen-bond donors (Lipinski definition) is 1. The van der Waals surface area contributed by atoms with Crippen LogP contribution < -0.4 is 19.6 Å². The first-order valence-corrected chi connectivity index (χ1v) is 10.6. The standard InChI is InChI=1S/C25H23N3O7/c1-3-33-23-14-18(10-13-22(23)35-25(30)19-11-8-17(2)9-12-19)15-26-27-24(29)16-34-21-7-5-4-6-20(21)28(31)32/h4-15H,3,16H2,1-2H3,(H,27,29)/b26-15+. The summed E-state index contributed by atoms with van der Waals surface area (Å²) < 4.78 is 16.3. The molecule has 1 N–H and O–H groups in total. The van der Waals surface area contributed by atoms with E-state index in [1.807, 2.05) is 19.1 Å². The molecule has 0 aliphatic rings. The highest BCUT2D eigenvalue weighted by Gasteiger charge is 2.15. The summed E-state index contributed by atoms with van der Waals surface area (Å²) in [6.45, 7) is 3.60. The predicted octanol–water partition coefficient (Wildman–Crippen LogP) is 4.05. The Morgan fingerprint density at radius 1 is 1.00 bits per heavy atom. The molecule has 3 rings (SSSR count). The van der Waals surface area contributed by atoms with Gasteiger partial charge in [0, 0.05) is 6.07 Å². The van der Waals surface area contributed by atoms with Crippen LogP contribution in [0.2, 0.25) is 0 Å². The van der Waals surface area contributed by atoms with E-state index in [0.717, 1.165) is 5.56 Å². The average molecular weight is 477 g/mol. The molecular weight excluding hydrogens is 454 g/mol. The lowest BCUT2D eigenvalue weighted by molar-refractivity contribution is -0.385. The molecule has 0 aromatic heterocycles. The molecule has 0 fully saturated rings. The number of nitrogens with one attached hydrogen (secondary N) is 1. The molecule has 1 amide bonds. The Morgan fingerprint density at radius 2 is 1.74 bits per heavy atom. The van der Waals surface area contributed by atoms with Crippen molar-refractivity contribution in [3.05, 3.63) is 93.5 Å². The molecule has 180 valence electrons. The van der Waals surface area contributed by atoms with E-state index >= 15 is 0 Å². The highest BCUT2D eigenvalue weighted by molar-refractivity contribution is 5.91. The van der Waals surface area contributed by atoms with E-state index in [-0.39, 0.29) is 17.2 Å². The van der Waals surface area contributed by atoms with Crippen LogP contribution in [0.3, 0.4) is 0 Å². The van der Waals surface area contributed by atoms with E-state index in [1.165, 1.54) is 24.4 Å². The van der Waals surface area contributed by atoms with Gasteiger partial charge in [0.2, 0.25) is 0 Å². The SMILES string of the molecule is CCOc1cc(/C=N/NC(=O)COc2ccccc2[N+](=O)[O-])ccc1OC(=O)c1ccc(C)cc1. The van der Waals surface area contributed by atoms with Crippen LogP contribution in [0.4, 0.5) is 5.69 Å². The fourth-order valence-electron chi connectivity index (χ4n) is 2.89. The van der Waals surface area contributed by atoms with E-state index < -0.39 is 23.4 Å². The van der Waals surface area contributed by atoms with Crippen molar-refractivity contribution in [3.8, 4) is 17.2 Å². The van der Waals surface area contributed by atoms with Gasteiger partial charge in [-0.2, -0.15) is 5.10 Å². The van der Waals surface area contributed by atoms with Crippen LogP contribution in [0.1, 0.15) is 28.4 Å². The zero-order valence-electron chi connectivity index (χ0n) is 19.1. The molecule has 0 bridgehead atoms. The molecule has 0 unspecified atom stereocenters. The fourth-order valence-corrected chi connectivity index (χ4v) is 2.89. The third-order valence-corrected chi connectivity index (χ3v) is 4.58. The summed E-state index contributed by atoms with van der Waals surface area (Å²) in [5.41, 5.74) is 4.06. The first-order chi connectivity index (χ1) is 16.9. The molecule has 0 radical (unpaired) electrons. The molecule has 10 nitrogen and oxygen atoms in total. The molecule has 0 saturated heterocycles. The van der Waals surface area contributed by atoms with Gasteiger partial charge >= 0.3 is 11.7 Å². The Kier molecular flexibility index (Phi) is 8.49. The van der Waals surface area contributed by atoms with Crippen LogP contribution >= 0.6 is 0 Å². The van der Waals surface area contributed by atoms with Gasteiger partial charge in [0.1, 0.15) is 0 Å². The molecule has 0 spiro atoms. The summed E-state index contributed by atoms with van der Waals surface area (Å²) >= 11 is 0. The summed E-state index contributed by atoms with van der Waals surface area (Å²) in [5, 5.41) is 14.9. The zero-order chi connectivity index (χ0) is 25.2. The van der Waals surface area contributed by atoms with Crippen molar-refractivity contribution in [2.45, 2.75) is 13.8 Å². The molecule has 0 aliphatic heterocycles. The number of carbonyl (C=O) groups is 2. The summed E-state index contributed by atoms with van der Waals surface area (Å²) in [7, 11) is 0. The number of nitrogens with zero attached hydrogens (tertiary/aromatic N) is 2. The maximum absolute atomic E-state index is 12.4. The van der Waals surface area contributed by atoms with E-state index in [0.29, 0.717) is 23.5 Å². The predicted molar refractivity (Wildman–Crippen MR) is 128 cm³/mol. The largest absolute Gasteiger partial charge is 0.490 e. The Morgan fingerprint density at radius 3 is 2.46 bits per heavy atom. The second-order valence-electron chi connectivity index (χ2n) is 7.20. The summed E-state index contributed by atoms with van der Waals surface area (Å²) in [5.74, 6) is -0.556. The monoisotopic (exact) mass is 477 g/mol. The molecule has 3 aromatic carbocycles. The van der Waals surface area contributed by atoms with Crippen molar-refractivity contribution in [3.63, 3.8) is 0 Å². The van der Waals surface area contributed by atoms with E-state index in [9.17, 15) is 19.7 Å². The van der Waals surface area contributed by atoms with Crippen molar-refractivity contribution in [1.29, 1.82) is 0 Å². The maximum atomic E-state index is 12.4. The van der Waals surface area contributed by atoms with Gasteiger partial charge in [-0.15, -0.1) is 0 Å². The number of hydrogen-bond acceptors (Lipinski definition) is 8. The third kappa shape index (κ3) is 7.13. The van der Waals surface area contributed by atoms with E-state index in [1.54, 1.807) is 43.3 Å². The van der Waals surface area contributed by atoms with Crippen LogP contribution in [0.5, 0.6) is 17.2 Å². The number of ether oxygens (including phenoxy) is 3. The molecule has 0 heterocycles. The maximum Gasteiger partial charge on any atom is 0.343 e. The van der Waals surface area contributed by atoms with Gasteiger partial charge in [0.05, 0.1) is 23.3 Å². The van der Waals surface area contributed by atoms with E-state index in [2.05, 4.69) is 10.5 Å². The second kappa shape index (κ2) is 11.9. The molecule has 0 atom stereocenters. The normalized spacial score (nSPS) is 10.6. The van der Waals surface area contributed by atoms with Crippen molar-refractivity contribution in [1.82, 2.24) is 5.43 Å². The molecule has 10 heteroatoms. The van der Waals surface area contributed by atoms with Gasteiger partial charge < -0.3 is 14.2 Å². The van der Waals surface area contributed by atoms with Crippen molar-refractivity contribution in [2.24, 2.45) is 5.10 Å². The number of rotatable bonds is 10. The fraction of sp³-hybridized carbons (Fsp3) is 0.160. The summed E-state index contributed by atoms with van der Waals surface area (Å²) in [6.07, 6.45) is 1.37. The van der Waals surface area contributed by atoms with Gasteiger partial charge in [0.15, 0.2) is 23.9 Å². The van der Waals surface area contributed by atoms with Gasteiger partial charge in [0.25, 0.3) is 5.91 Å².